The third kappa shape index (κ3) is 3.92. The number of aromatic nitrogens is 1. The summed E-state index contributed by atoms with van der Waals surface area (Å²) in [6, 6.07) is 3.25. The van der Waals surface area contributed by atoms with Crippen LogP contribution in [0.2, 0.25) is 0 Å². The van der Waals surface area contributed by atoms with Gasteiger partial charge in [0.2, 0.25) is 0 Å². The molecule has 0 saturated heterocycles. The molecule has 94 valence electrons. The molecule has 3 N–H and O–H groups in total. The molecule has 0 aliphatic heterocycles. The van der Waals surface area contributed by atoms with E-state index in [4.69, 9.17) is 10.5 Å². The van der Waals surface area contributed by atoms with Gasteiger partial charge in [-0.1, -0.05) is 0 Å². The molecule has 17 heavy (non-hydrogen) atoms. The summed E-state index contributed by atoms with van der Waals surface area (Å²) in [6.45, 7) is 0.912. The monoisotopic (exact) mass is 239 g/mol. The van der Waals surface area contributed by atoms with Crippen LogP contribution in [0.3, 0.4) is 0 Å². The molecule has 0 unspecified atom stereocenters. The van der Waals surface area contributed by atoms with Gasteiger partial charge in [0.25, 0.3) is 11.5 Å². The molecule has 6 heteroatoms. The second-order valence-electron chi connectivity index (χ2n) is 3.48. The average Bonchev–Trinajstić information content (AvgIpc) is 2.35. The van der Waals surface area contributed by atoms with Gasteiger partial charge in [-0.3, -0.25) is 9.59 Å². The lowest BCUT2D eigenvalue weighted by Gasteiger charge is -2.08. The van der Waals surface area contributed by atoms with Crippen molar-refractivity contribution in [2.45, 2.75) is 13.0 Å². The summed E-state index contributed by atoms with van der Waals surface area (Å²) in [6.07, 6.45) is 2.39. The molecule has 0 aliphatic carbocycles. The van der Waals surface area contributed by atoms with Gasteiger partial charge in [0.05, 0.1) is 0 Å². The summed E-state index contributed by atoms with van der Waals surface area (Å²) in [4.78, 5) is 22.8. The van der Waals surface area contributed by atoms with Crippen molar-refractivity contribution in [2.24, 2.45) is 5.73 Å². The van der Waals surface area contributed by atoms with Crippen molar-refractivity contribution in [3.8, 4) is 5.75 Å². The fourth-order valence-electron chi connectivity index (χ4n) is 1.28. The maximum absolute atomic E-state index is 11.8. The summed E-state index contributed by atoms with van der Waals surface area (Å²) < 4.78 is 6.65. The van der Waals surface area contributed by atoms with E-state index in [0.717, 1.165) is 6.42 Å². The Hall–Kier alpha value is -1.82. The lowest BCUT2D eigenvalue weighted by molar-refractivity contribution is -0.122. The first kappa shape index (κ1) is 13.2. The Morgan fingerprint density at radius 2 is 2.35 bits per heavy atom. The van der Waals surface area contributed by atoms with E-state index in [-0.39, 0.29) is 23.8 Å². The van der Waals surface area contributed by atoms with E-state index in [9.17, 15) is 9.59 Å². The van der Waals surface area contributed by atoms with E-state index in [1.807, 2.05) is 0 Å². The zero-order valence-electron chi connectivity index (χ0n) is 9.81. The van der Waals surface area contributed by atoms with Crippen LogP contribution < -0.4 is 21.3 Å². The summed E-state index contributed by atoms with van der Waals surface area (Å²) in [7, 11) is 1.51. The van der Waals surface area contributed by atoms with Gasteiger partial charge in [-0.2, -0.15) is 0 Å². The zero-order chi connectivity index (χ0) is 12.7. The Morgan fingerprint density at radius 3 is 3.00 bits per heavy atom. The van der Waals surface area contributed by atoms with Crippen LogP contribution in [0.4, 0.5) is 0 Å². The van der Waals surface area contributed by atoms with E-state index < -0.39 is 0 Å². The van der Waals surface area contributed by atoms with E-state index >= 15 is 0 Å². The molecule has 0 saturated carbocycles. The molecule has 0 atom stereocenters. The van der Waals surface area contributed by atoms with Gasteiger partial charge in [0.1, 0.15) is 0 Å². The minimum absolute atomic E-state index is 0.160. The van der Waals surface area contributed by atoms with Crippen LogP contribution in [-0.2, 0) is 11.3 Å². The fourth-order valence-corrected chi connectivity index (χ4v) is 1.28. The van der Waals surface area contributed by atoms with Crippen LogP contribution in [0, 0.1) is 0 Å². The largest absolute Gasteiger partial charge is 0.478 e. The molecule has 1 heterocycles. The Bertz CT molecular complexity index is 428. The number of carbonyl (C=O) groups is 1. The third-order valence-electron chi connectivity index (χ3n) is 2.23. The first-order valence-corrected chi connectivity index (χ1v) is 5.42. The predicted molar refractivity (Wildman–Crippen MR) is 63.9 cm³/mol. The van der Waals surface area contributed by atoms with Crippen LogP contribution >= 0.6 is 0 Å². The molecular weight excluding hydrogens is 222 g/mol. The number of nitrogens with two attached hydrogens (primary N) is 1. The number of rotatable bonds is 6. The van der Waals surface area contributed by atoms with Crippen LogP contribution in [-0.4, -0.2) is 30.7 Å². The maximum atomic E-state index is 11.8. The minimum Gasteiger partial charge on any atom is -0.478 e. The summed E-state index contributed by atoms with van der Waals surface area (Å²) >= 11 is 0. The first-order valence-electron chi connectivity index (χ1n) is 5.42. The van der Waals surface area contributed by atoms with E-state index in [2.05, 4.69) is 5.32 Å². The van der Waals surface area contributed by atoms with Gasteiger partial charge in [-0.25, -0.2) is 0 Å². The van der Waals surface area contributed by atoms with Gasteiger partial charge >= 0.3 is 0 Å². The molecule has 0 spiro atoms. The number of amides is 1. The molecular formula is C11H17N3O3. The number of hydrogen-bond acceptors (Lipinski definition) is 4. The van der Waals surface area contributed by atoms with Crippen molar-refractivity contribution in [2.75, 3.05) is 20.2 Å². The minimum atomic E-state index is -0.276. The molecule has 0 aromatic carbocycles. The van der Waals surface area contributed by atoms with E-state index in [0.29, 0.717) is 13.1 Å². The molecule has 0 aliphatic rings. The van der Waals surface area contributed by atoms with Crippen molar-refractivity contribution < 1.29 is 9.53 Å². The smallest absolute Gasteiger partial charge is 0.292 e. The number of hydrogen-bond donors (Lipinski definition) is 2. The fraction of sp³-hybridized carbons (Fsp3) is 0.455. The SMILES string of the molecule is CNC(=O)COc1cccn(CCCN)c1=O. The third-order valence-corrected chi connectivity index (χ3v) is 2.23. The predicted octanol–water partition coefficient (Wildman–Crippen LogP) is -0.678. The van der Waals surface area contributed by atoms with Crippen LogP contribution in [0.25, 0.3) is 0 Å². The standard InChI is InChI=1S/C11H17N3O3/c1-13-10(15)8-17-9-4-2-6-14(11(9)16)7-3-5-12/h2,4,6H,3,5,7-8,12H2,1H3,(H,13,15). The van der Waals surface area contributed by atoms with Crippen molar-refractivity contribution in [1.82, 2.24) is 9.88 Å². The van der Waals surface area contributed by atoms with Crippen molar-refractivity contribution >= 4 is 5.91 Å². The maximum Gasteiger partial charge on any atom is 0.292 e. The first-order chi connectivity index (χ1) is 8.19. The van der Waals surface area contributed by atoms with Crippen molar-refractivity contribution in [1.29, 1.82) is 0 Å². The number of ether oxygens (including phenoxy) is 1. The Morgan fingerprint density at radius 1 is 1.59 bits per heavy atom. The average molecular weight is 239 g/mol. The molecule has 1 amide bonds. The van der Waals surface area contributed by atoms with Gasteiger partial charge in [0.15, 0.2) is 12.4 Å². The summed E-state index contributed by atoms with van der Waals surface area (Å²) in [5.41, 5.74) is 5.14. The summed E-state index contributed by atoms with van der Waals surface area (Å²) in [5, 5.41) is 2.41. The topological polar surface area (TPSA) is 86.3 Å². The number of aryl methyl sites for hydroxylation is 1. The van der Waals surface area contributed by atoms with E-state index in [1.165, 1.54) is 11.6 Å². The van der Waals surface area contributed by atoms with Gasteiger partial charge < -0.3 is 20.4 Å². The molecule has 1 rings (SSSR count). The second kappa shape index (κ2) is 6.70. The Labute approximate surface area is 99.4 Å². The van der Waals surface area contributed by atoms with Gasteiger partial charge in [0, 0.05) is 19.8 Å². The number of nitrogens with zero attached hydrogens (tertiary/aromatic N) is 1. The van der Waals surface area contributed by atoms with Crippen LogP contribution in [0.15, 0.2) is 23.1 Å². The molecule has 0 fully saturated rings. The Kier molecular flexibility index (Phi) is 5.22. The highest BCUT2D eigenvalue weighted by atomic mass is 16.5. The molecule has 1 aromatic rings. The van der Waals surface area contributed by atoms with Gasteiger partial charge in [-0.05, 0) is 25.1 Å². The highest BCUT2D eigenvalue weighted by Crippen LogP contribution is 2.02. The molecule has 1 aromatic heterocycles. The number of nitrogens with one attached hydrogen (secondary N) is 1. The zero-order valence-corrected chi connectivity index (χ0v) is 9.81. The number of carbonyl (C=O) groups excluding carboxylic acids is 1. The van der Waals surface area contributed by atoms with E-state index in [1.54, 1.807) is 18.3 Å². The number of likely N-dealkylation sites (N-methyl/N-ethyl adjacent to an activating group) is 1. The highest BCUT2D eigenvalue weighted by Gasteiger charge is 2.05. The second-order valence-corrected chi connectivity index (χ2v) is 3.48. The van der Waals surface area contributed by atoms with Crippen molar-refractivity contribution in [3.63, 3.8) is 0 Å². The Balaban J connectivity index is 2.72. The lowest BCUT2D eigenvalue weighted by Crippen LogP contribution is -2.28. The quantitative estimate of drug-likeness (QED) is 0.688. The normalized spacial score (nSPS) is 10.0. The summed E-state index contributed by atoms with van der Waals surface area (Å²) in [5.74, 6) is -0.102. The highest BCUT2D eigenvalue weighted by molar-refractivity contribution is 5.77. The lowest BCUT2D eigenvalue weighted by atomic mass is 10.4. The number of pyridine rings is 1. The molecule has 6 nitrogen and oxygen atoms in total. The molecule has 0 bridgehead atoms. The van der Waals surface area contributed by atoms with Crippen molar-refractivity contribution in [3.05, 3.63) is 28.7 Å². The van der Waals surface area contributed by atoms with Crippen LogP contribution in [0.5, 0.6) is 5.75 Å². The molecule has 0 radical (unpaired) electrons. The van der Waals surface area contributed by atoms with Gasteiger partial charge in [-0.15, -0.1) is 0 Å². The van der Waals surface area contributed by atoms with Crippen LogP contribution in [0.1, 0.15) is 6.42 Å².